The van der Waals surface area contributed by atoms with Gasteiger partial charge in [-0.2, -0.15) is 4.98 Å². The summed E-state index contributed by atoms with van der Waals surface area (Å²) in [6, 6.07) is 9.86. The molecule has 10 nitrogen and oxygen atoms in total. The third-order valence-electron chi connectivity index (χ3n) is 6.68. The Bertz CT molecular complexity index is 1420. The maximum atomic E-state index is 14.8. The number of aromatic nitrogens is 6. The van der Waals surface area contributed by atoms with Gasteiger partial charge in [0.15, 0.2) is 5.82 Å². The molecule has 0 spiro atoms. The summed E-state index contributed by atoms with van der Waals surface area (Å²) in [5, 5.41) is 7.50. The van der Waals surface area contributed by atoms with Crippen LogP contribution in [0.15, 0.2) is 48.8 Å². The van der Waals surface area contributed by atoms with Gasteiger partial charge in [0.2, 0.25) is 11.9 Å². The highest BCUT2D eigenvalue weighted by atomic mass is 19.3. The Morgan fingerprint density at radius 2 is 1.87 bits per heavy atom. The van der Waals surface area contributed by atoms with E-state index in [0.717, 1.165) is 0 Å². The maximum Gasteiger partial charge on any atom is 0.267 e. The number of anilines is 4. The molecule has 1 aliphatic rings. The quantitative estimate of drug-likeness (QED) is 0.368. The number of halogens is 3. The van der Waals surface area contributed by atoms with Gasteiger partial charge in [-0.1, -0.05) is 0 Å². The largest absolute Gasteiger partial charge is 0.372 e. The molecule has 0 saturated carbocycles. The van der Waals surface area contributed by atoms with Gasteiger partial charge in [-0.15, -0.1) is 5.10 Å². The molecule has 1 aliphatic heterocycles. The molecular formula is C25H26F3N9O. The van der Waals surface area contributed by atoms with E-state index in [1.165, 1.54) is 19.4 Å². The second-order valence-corrected chi connectivity index (χ2v) is 8.96. The van der Waals surface area contributed by atoms with Crippen molar-refractivity contribution in [2.45, 2.75) is 24.9 Å². The first-order valence-corrected chi connectivity index (χ1v) is 11.9. The molecule has 5 rings (SSSR count). The molecule has 3 N–H and O–H groups in total. The van der Waals surface area contributed by atoms with Gasteiger partial charge in [0.05, 0.1) is 5.69 Å². The number of piperidine rings is 1. The van der Waals surface area contributed by atoms with Gasteiger partial charge in [-0.3, -0.25) is 0 Å². The summed E-state index contributed by atoms with van der Waals surface area (Å²) < 4.78 is 48.3. The number of nitrogens with zero attached hydrogens (tertiary/aromatic N) is 7. The van der Waals surface area contributed by atoms with Crippen molar-refractivity contribution in [1.29, 1.82) is 0 Å². The van der Waals surface area contributed by atoms with Crippen LogP contribution >= 0.6 is 0 Å². The summed E-state index contributed by atoms with van der Waals surface area (Å²) in [5.74, 6) is 1.10. The zero-order valence-electron chi connectivity index (χ0n) is 20.8. The van der Waals surface area contributed by atoms with Gasteiger partial charge in [-0.25, -0.2) is 32.8 Å². The lowest BCUT2D eigenvalue weighted by atomic mass is 9.91. The molecule has 3 aromatic heterocycles. The standard InChI is InChI=1S/C25H26F3N9O/c1-36-24(32-16-4-5-17(18(26)13-16)19-7-10-30-23(29)33-19)34-21(35-36)15-3-6-20(31-14-15)37-11-8-25(38-2,9-12-37)22(27)28/h3-7,10,13-14,22H,8-9,11-12H2,1-2H3,(H2,29,30,33)(H,32,34,35). The molecule has 1 saturated heterocycles. The second-order valence-electron chi connectivity index (χ2n) is 8.96. The summed E-state index contributed by atoms with van der Waals surface area (Å²) in [6.45, 7) is 0.834. The van der Waals surface area contributed by atoms with Crippen LogP contribution < -0.4 is 16.0 Å². The molecule has 0 amide bonds. The Kier molecular flexibility index (Phi) is 6.85. The minimum absolute atomic E-state index is 0.0639. The van der Waals surface area contributed by atoms with Gasteiger partial charge in [0.1, 0.15) is 17.2 Å². The van der Waals surface area contributed by atoms with Crippen LogP contribution in [0.1, 0.15) is 12.8 Å². The van der Waals surface area contributed by atoms with E-state index in [9.17, 15) is 13.2 Å². The first kappa shape index (κ1) is 25.4. The number of rotatable bonds is 7. The number of hydrogen-bond donors (Lipinski definition) is 2. The molecule has 38 heavy (non-hydrogen) atoms. The van der Waals surface area contributed by atoms with E-state index in [1.807, 2.05) is 17.0 Å². The third-order valence-corrected chi connectivity index (χ3v) is 6.68. The smallest absolute Gasteiger partial charge is 0.267 e. The molecule has 1 fully saturated rings. The van der Waals surface area contributed by atoms with Crippen molar-refractivity contribution >= 4 is 23.4 Å². The molecule has 1 aromatic carbocycles. The van der Waals surface area contributed by atoms with Gasteiger partial charge in [0.25, 0.3) is 6.43 Å². The van der Waals surface area contributed by atoms with Crippen LogP contribution in [0, 0.1) is 5.82 Å². The van der Waals surface area contributed by atoms with Gasteiger partial charge in [0, 0.05) is 56.5 Å². The lowest BCUT2D eigenvalue weighted by molar-refractivity contribution is -0.133. The molecule has 4 heterocycles. The summed E-state index contributed by atoms with van der Waals surface area (Å²) >= 11 is 0. The minimum atomic E-state index is -2.53. The van der Waals surface area contributed by atoms with Crippen molar-refractivity contribution < 1.29 is 17.9 Å². The average Bonchev–Trinajstić information content (AvgIpc) is 3.28. The number of pyridine rings is 1. The lowest BCUT2D eigenvalue weighted by Gasteiger charge is -2.40. The summed E-state index contributed by atoms with van der Waals surface area (Å²) in [7, 11) is 3.05. The van der Waals surface area contributed by atoms with E-state index < -0.39 is 17.8 Å². The van der Waals surface area contributed by atoms with Gasteiger partial charge >= 0.3 is 0 Å². The Morgan fingerprint density at radius 1 is 1.08 bits per heavy atom. The summed E-state index contributed by atoms with van der Waals surface area (Å²) in [5.41, 5.74) is 6.04. The molecular weight excluding hydrogens is 499 g/mol. The normalized spacial score (nSPS) is 15.2. The van der Waals surface area contributed by atoms with E-state index >= 15 is 0 Å². The zero-order valence-corrected chi connectivity index (χ0v) is 20.8. The van der Waals surface area contributed by atoms with Crippen molar-refractivity contribution in [3.8, 4) is 22.6 Å². The Balaban J connectivity index is 1.28. The first-order chi connectivity index (χ1) is 18.3. The summed E-state index contributed by atoms with van der Waals surface area (Å²) in [4.78, 5) is 18.8. The number of benzene rings is 1. The van der Waals surface area contributed by atoms with Crippen LogP contribution in [0.25, 0.3) is 22.6 Å². The Hall–Kier alpha value is -4.26. The Labute approximate surface area is 216 Å². The molecule has 0 unspecified atom stereocenters. The minimum Gasteiger partial charge on any atom is -0.372 e. The molecule has 13 heteroatoms. The third kappa shape index (κ3) is 4.96. The van der Waals surface area contributed by atoms with Crippen LogP contribution in [0.4, 0.5) is 36.6 Å². The topological polar surface area (TPSA) is 120 Å². The van der Waals surface area contributed by atoms with Crippen molar-refractivity contribution in [3.05, 3.63) is 54.6 Å². The van der Waals surface area contributed by atoms with Gasteiger partial charge < -0.3 is 20.7 Å². The number of nitrogen functional groups attached to an aromatic ring is 1. The predicted molar refractivity (Wildman–Crippen MR) is 137 cm³/mol. The van der Waals surface area contributed by atoms with Crippen LogP contribution in [-0.4, -0.2) is 61.9 Å². The number of alkyl halides is 2. The SMILES string of the molecule is COC1(C(F)F)CCN(c2ccc(-c3nc(Nc4ccc(-c5ccnc(N)n5)c(F)c4)n(C)n3)cn2)CC1. The van der Waals surface area contributed by atoms with Crippen molar-refractivity contribution in [2.24, 2.45) is 7.05 Å². The maximum absolute atomic E-state index is 14.8. The van der Waals surface area contributed by atoms with E-state index in [0.29, 0.717) is 53.2 Å². The lowest BCUT2D eigenvalue weighted by Crippen LogP contribution is -2.50. The van der Waals surface area contributed by atoms with Crippen LogP contribution in [-0.2, 0) is 11.8 Å². The molecule has 0 bridgehead atoms. The number of methoxy groups -OCH3 is 1. The number of hydrogen-bond acceptors (Lipinski definition) is 9. The monoisotopic (exact) mass is 525 g/mol. The number of aryl methyl sites for hydroxylation is 1. The molecule has 4 aromatic rings. The van der Waals surface area contributed by atoms with Crippen molar-refractivity contribution in [3.63, 3.8) is 0 Å². The Morgan fingerprint density at radius 3 is 2.50 bits per heavy atom. The number of ether oxygens (including phenoxy) is 1. The van der Waals surface area contributed by atoms with E-state index in [-0.39, 0.29) is 18.8 Å². The predicted octanol–water partition coefficient (Wildman–Crippen LogP) is 4.05. The highest BCUT2D eigenvalue weighted by Crippen LogP contribution is 2.34. The second kappa shape index (κ2) is 10.2. The van der Waals surface area contributed by atoms with Crippen LogP contribution in [0.3, 0.4) is 0 Å². The van der Waals surface area contributed by atoms with E-state index in [1.54, 1.807) is 36.1 Å². The van der Waals surface area contributed by atoms with Crippen molar-refractivity contribution in [2.75, 3.05) is 36.1 Å². The van der Waals surface area contributed by atoms with Gasteiger partial charge in [-0.05, 0) is 49.2 Å². The van der Waals surface area contributed by atoms with Crippen LogP contribution in [0.5, 0.6) is 0 Å². The van der Waals surface area contributed by atoms with Crippen LogP contribution in [0.2, 0.25) is 0 Å². The highest BCUT2D eigenvalue weighted by Gasteiger charge is 2.43. The van der Waals surface area contributed by atoms with Crippen molar-refractivity contribution in [1.82, 2.24) is 29.7 Å². The molecule has 198 valence electrons. The van der Waals surface area contributed by atoms with E-state index in [4.69, 9.17) is 10.5 Å². The highest BCUT2D eigenvalue weighted by molar-refractivity contribution is 5.66. The zero-order chi connectivity index (χ0) is 26.9. The van der Waals surface area contributed by atoms with E-state index in [2.05, 4.69) is 30.4 Å². The number of nitrogens with two attached hydrogens (primary N) is 1. The molecule has 0 radical (unpaired) electrons. The average molecular weight is 526 g/mol. The fourth-order valence-electron chi connectivity index (χ4n) is 4.40. The first-order valence-electron chi connectivity index (χ1n) is 11.9. The fraction of sp³-hybridized carbons (Fsp3) is 0.320. The molecule has 0 aliphatic carbocycles. The molecule has 0 atom stereocenters. The number of nitrogens with one attached hydrogen (secondary N) is 1. The fourth-order valence-corrected chi connectivity index (χ4v) is 4.40. The summed E-state index contributed by atoms with van der Waals surface area (Å²) in [6.07, 6.45) is 1.01.